The quantitative estimate of drug-likeness (QED) is 0.915. The third-order valence-corrected chi connectivity index (χ3v) is 3.05. The van der Waals surface area contributed by atoms with Gasteiger partial charge in [0.15, 0.2) is 11.5 Å². The number of nitriles is 1. The molecule has 0 spiro atoms. The van der Waals surface area contributed by atoms with E-state index in [0.29, 0.717) is 12.8 Å². The first-order valence-corrected chi connectivity index (χ1v) is 6.10. The summed E-state index contributed by atoms with van der Waals surface area (Å²) in [4.78, 5) is 7.75. The smallest absolute Gasteiger partial charge is 0.231 e. The molecule has 0 saturated carbocycles. The summed E-state index contributed by atoms with van der Waals surface area (Å²) in [5.74, 6) is 2.35. The van der Waals surface area contributed by atoms with Crippen LogP contribution in [0.2, 0.25) is 0 Å². The number of imidazole rings is 1. The van der Waals surface area contributed by atoms with Crippen molar-refractivity contribution in [1.29, 1.82) is 5.26 Å². The lowest BCUT2D eigenvalue weighted by Crippen LogP contribution is -1.92. The molecule has 3 rings (SSSR count). The first kappa shape index (κ1) is 11.6. The molecule has 1 N–H and O–H groups in total. The minimum absolute atomic E-state index is 0.270. The summed E-state index contributed by atoms with van der Waals surface area (Å²) in [6.07, 6.45) is 1.11. The first-order chi connectivity index (χ1) is 9.28. The summed E-state index contributed by atoms with van der Waals surface area (Å²) in [7, 11) is 0. The molecule has 1 aliphatic rings. The Bertz CT molecular complexity index is 655. The Morgan fingerprint density at radius 3 is 3.05 bits per heavy atom. The van der Waals surface area contributed by atoms with Crippen molar-refractivity contribution >= 4 is 0 Å². The molecule has 0 atom stereocenters. The third kappa shape index (κ3) is 2.13. The van der Waals surface area contributed by atoms with Crippen LogP contribution in [0.15, 0.2) is 18.2 Å². The number of H-pyrrole nitrogens is 1. The van der Waals surface area contributed by atoms with E-state index < -0.39 is 0 Å². The second kappa shape index (κ2) is 4.65. The van der Waals surface area contributed by atoms with Crippen LogP contribution in [0.3, 0.4) is 0 Å². The van der Waals surface area contributed by atoms with Gasteiger partial charge in [0.2, 0.25) is 6.79 Å². The maximum atomic E-state index is 8.60. The van der Waals surface area contributed by atoms with Crippen LogP contribution in [0.1, 0.15) is 17.9 Å². The minimum atomic E-state index is 0.270. The Balaban J connectivity index is 1.93. The Hall–Kier alpha value is -2.48. The molecule has 19 heavy (non-hydrogen) atoms. The van der Waals surface area contributed by atoms with E-state index in [-0.39, 0.29) is 6.79 Å². The van der Waals surface area contributed by atoms with E-state index in [1.807, 2.05) is 25.1 Å². The van der Waals surface area contributed by atoms with Gasteiger partial charge in [-0.1, -0.05) is 0 Å². The monoisotopic (exact) mass is 255 g/mol. The number of fused-ring (bicyclic) bond motifs is 1. The van der Waals surface area contributed by atoms with Crippen molar-refractivity contribution in [3.8, 4) is 28.8 Å². The Kier molecular flexibility index (Phi) is 2.84. The predicted octanol–water partition coefficient (Wildman–Crippen LogP) is 2.57. The van der Waals surface area contributed by atoms with Crippen LogP contribution in [-0.4, -0.2) is 16.8 Å². The maximum absolute atomic E-state index is 8.60. The van der Waals surface area contributed by atoms with Gasteiger partial charge in [-0.05, 0) is 25.1 Å². The molecule has 0 aliphatic carbocycles. The van der Waals surface area contributed by atoms with Gasteiger partial charge in [-0.25, -0.2) is 4.98 Å². The zero-order chi connectivity index (χ0) is 13.2. The highest BCUT2D eigenvalue weighted by Crippen LogP contribution is 2.36. The fraction of sp³-hybridized carbons (Fsp3) is 0.286. The second-order valence-corrected chi connectivity index (χ2v) is 4.38. The van der Waals surface area contributed by atoms with E-state index in [4.69, 9.17) is 14.7 Å². The number of benzene rings is 1. The summed E-state index contributed by atoms with van der Waals surface area (Å²) in [5, 5.41) is 8.60. The molecule has 1 aliphatic heterocycles. The molecule has 0 radical (unpaired) electrons. The summed E-state index contributed by atoms with van der Waals surface area (Å²) >= 11 is 0. The molecule has 1 aromatic carbocycles. The topological polar surface area (TPSA) is 70.9 Å². The molecule has 0 bridgehead atoms. The van der Waals surface area contributed by atoms with Crippen molar-refractivity contribution in [2.45, 2.75) is 19.8 Å². The van der Waals surface area contributed by atoms with E-state index >= 15 is 0 Å². The molecule has 5 heteroatoms. The van der Waals surface area contributed by atoms with Gasteiger partial charge in [0.05, 0.1) is 11.8 Å². The van der Waals surface area contributed by atoms with Gasteiger partial charge in [0.25, 0.3) is 0 Å². The molecule has 5 nitrogen and oxygen atoms in total. The van der Waals surface area contributed by atoms with Crippen LogP contribution in [0, 0.1) is 18.3 Å². The molecule has 2 heterocycles. The number of nitrogens with one attached hydrogen (secondary N) is 1. The molecule has 0 saturated heterocycles. The van der Waals surface area contributed by atoms with Gasteiger partial charge in [0, 0.05) is 24.1 Å². The van der Waals surface area contributed by atoms with Crippen molar-refractivity contribution in [3.05, 3.63) is 29.7 Å². The van der Waals surface area contributed by atoms with Gasteiger partial charge >= 0.3 is 0 Å². The minimum Gasteiger partial charge on any atom is -0.454 e. The normalized spacial score (nSPS) is 12.4. The highest BCUT2D eigenvalue weighted by Gasteiger charge is 2.16. The van der Waals surface area contributed by atoms with Crippen molar-refractivity contribution in [2.75, 3.05) is 6.79 Å². The van der Waals surface area contributed by atoms with Crippen molar-refractivity contribution < 1.29 is 9.47 Å². The zero-order valence-corrected chi connectivity index (χ0v) is 10.6. The van der Waals surface area contributed by atoms with Gasteiger partial charge in [-0.3, -0.25) is 0 Å². The van der Waals surface area contributed by atoms with Gasteiger partial charge < -0.3 is 14.5 Å². The van der Waals surface area contributed by atoms with Crippen molar-refractivity contribution in [3.63, 3.8) is 0 Å². The summed E-state index contributed by atoms with van der Waals surface area (Å²) in [6, 6.07) is 7.90. The number of aromatic amines is 1. The maximum Gasteiger partial charge on any atom is 0.231 e. The first-order valence-electron chi connectivity index (χ1n) is 6.10. The third-order valence-electron chi connectivity index (χ3n) is 3.05. The Labute approximate surface area is 110 Å². The molecular formula is C14H13N3O2. The average molecular weight is 255 g/mol. The average Bonchev–Trinajstić information content (AvgIpc) is 3.01. The number of aryl methyl sites for hydroxylation is 2. The summed E-state index contributed by atoms with van der Waals surface area (Å²) in [6.45, 7) is 2.24. The molecule has 0 amide bonds. The van der Waals surface area contributed by atoms with Crippen molar-refractivity contribution in [2.24, 2.45) is 0 Å². The van der Waals surface area contributed by atoms with Crippen LogP contribution < -0.4 is 9.47 Å². The molecular weight excluding hydrogens is 242 g/mol. The van der Waals surface area contributed by atoms with Crippen LogP contribution in [0.5, 0.6) is 11.5 Å². The standard InChI is InChI=1S/C14H13N3O2/c1-9-14(17-13(16-9)3-2-6-15)10-4-5-11-12(7-10)19-8-18-11/h4-5,7H,2-3,8H2,1H3,(H,16,17). The van der Waals surface area contributed by atoms with Crippen LogP contribution in [0.4, 0.5) is 0 Å². The van der Waals surface area contributed by atoms with E-state index in [1.54, 1.807) is 0 Å². The predicted molar refractivity (Wildman–Crippen MR) is 68.8 cm³/mol. The van der Waals surface area contributed by atoms with Crippen LogP contribution >= 0.6 is 0 Å². The lowest BCUT2D eigenvalue weighted by Gasteiger charge is -2.00. The number of ether oxygens (including phenoxy) is 2. The molecule has 0 fully saturated rings. The largest absolute Gasteiger partial charge is 0.454 e. The second-order valence-electron chi connectivity index (χ2n) is 4.38. The van der Waals surface area contributed by atoms with Crippen LogP contribution in [-0.2, 0) is 6.42 Å². The summed E-state index contributed by atoms with van der Waals surface area (Å²) < 4.78 is 10.7. The Morgan fingerprint density at radius 2 is 2.21 bits per heavy atom. The molecule has 0 unspecified atom stereocenters. The van der Waals surface area contributed by atoms with E-state index in [9.17, 15) is 0 Å². The lowest BCUT2D eigenvalue weighted by molar-refractivity contribution is 0.174. The number of hydrogen-bond acceptors (Lipinski definition) is 4. The highest BCUT2D eigenvalue weighted by molar-refractivity contribution is 5.66. The lowest BCUT2D eigenvalue weighted by atomic mass is 10.1. The molecule has 2 aromatic rings. The van der Waals surface area contributed by atoms with E-state index in [0.717, 1.165) is 34.3 Å². The number of rotatable bonds is 3. The zero-order valence-electron chi connectivity index (χ0n) is 10.6. The van der Waals surface area contributed by atoms with Crippen molar-refractivity contribution in [1.82, 2.24) is 9.97 Å². The van der Waals surface area contributed by atoms with Gasteiger partial charge in [-0.15, -0.1) is 0 Å². The van der Waals surface area contributed by atoms with Gasteiger partial charge in [0.1, 0.15) is 5.82 Å². The van der Waals surface area contributed by atoms with E-state index in [1.165, 1.54) is 0 Å². The summed E-state index contributed by atoms with van der Waals surface area (Å²) in [5.41, 5.74) is 2.87. The molecule has 1 aromatic heterocycles. The van der Waals surface area contributed by atoms with E-state index in [2.05, 4.69) is 16.0 Å². The number of nitrogens with zero attached hydrogens (tertiary/aromatic N) is 2. The fourth-order valence-electron chi connectivity index (χ4n) is 2.14. The molecule has 96 valence electrons. The Morgan fingerprint density at radius 1 is 1.37 bits per heavy atom. The van der Waals surface area contributed by atoms with Gasteiger partial charge in [-0.2, -0.15) is 5.26 Å². The number of aromatic nitrogens is 2. The van der Waals surface area contributed by atoms with Crippen LogP contribution in [0.25, 0.3) is 11.3 Å². The SMILES string of the molecule is Cc1[nH]c(CCC#N)nc1-c1ccc2c(c1)OCO2. The number of hydrogen-bond donors (Lipinski definition) is 1. The fourth-order valence-corrected chi connectivity index (χ4v) is 2.14. The highest BCUT2D eigenvalue weighted by atomic mass is 16.7.